The van der Waals surface area contributed by atoms with E-state index in [0.29, 0.717) is 18.7 Å². The second-order valence-corrected chi connectivity index (χ2v) is 7.55. The first-order valence-electron chi connectivity index (χ1n) is 10.0. The van der Waals surface area contributed by atoms with Gasteiger partial charge in [0.15, 0.2) is 0 Å². The van der Waals surface area contributed by atoms with Crippen LogP contribution in [-0.4, -0.2) is 43.0 Å². The lowest BCUT2D eigenvalue weighted by atomic mass is 9.92. The van der Waals surface area contributed by atoms with Gasteiger partial charge < -0.3 is 15.0 Å². The first kappa shape index (κ1) is 19.5. The molecule has 1 fully saturated rings. The molecule has 5 nitrogen and oxygen atoms in total. The van der Waals surface area contributed by atoms with E-state index < -0.39 is 0 Å². The first-order valence-corrected chi connectivity index (χ1v) is 10.0. The Kier molecular flexibility index (Phi) is 6.54. The number of nitrogens with zero attached hydrogens (tertiary/aromatic N) is 1. The van der Waals surface area contributed by atoms with Gasteiger partial charge in [-0.1, -0.05) is 11.6 Å². The monoisotopic (exact) mass is 370 g/mol. The summed E-state index contributed by atoms with van der Waals surface area (Å²) in [5.74, 6) is 0.892. The number of ether oxygens (including phenoxy) is 1. The Bertz CT molecular complexity index is 688. The molecule has 0 saturated carbocycles. The summed E-state index contributed by atoms with van der Waals surface area (Å²) >= 11 is 0. The number of benzene rings is 1. The average Bonchev–Trinajstić information content (AvgIpc) is 2.74. The van der Waals surface area contributed by atoms with Gasteiger partial charge in [0, 0.05) is 30.6 Å². The molecule has 1 aliphatic heterocycles. The largest absolute Gasteiger partial charge is 0.497 e. The topological polar surface area (TPSA) is 58.6 Å². The van der Waals surface area contributed by atoms with Gasteiger partial charge in [-0.2, -0.15) is 0 Å². The van der Waals surface area contributed by atoms with Crippen molar-refractivity contribution in [3.8, 4) is 5.75 Å². The summed E-state index contributed by atoms with van der Waals surface area (Å²) in [7, 11) is 1.61. The highest BCUT2D eigenvalue weighted by Gasteiger charge is 2.28. The number of hydrogen-bond donors (Lipinski definition) is 1. The van der Waals surface area contributed by atoms with Gasteiger partial charge in [-0.15, -0.1) is 0 Å². The number of hydrogen-bond acceptors (Lipinski definition) is 3. The molecule has 1 aromatic carbocycles. The van der Waals surface area contributed by atoms with Gasteiger partial charge >= 0.3 is 0 Å². The van der Waals surface area contributed by atoms with Crippen LogP contribution in [0.25, 0.3) is 0 Å². The number of methoxy groups -OCH3 is 1. The maximum atomic E-state index is 12.6. The lowest BCUT2D eigenvalue weighted by Gasteiger charge is -2.32. The van der Waals surface area contributed by atoms with Crippen molar-refractivity contribution in [1.82, 2.24) is 10.2 Å². The van der Waals surface area contributed by atoms with E-state index in [2.05, 4.69) is 18.3 Å². The molecule has 2 aliphatic rings. The third kappa shape index (κ3) is 4.90. The minimum absolute atomic E-state index is 0.00319. The van der Waals surface area contributed by atoms with Crippen molar-refractivity contribution >= 4 is 11.8 Å². The van der Waals surface area contributed by atoms with Crippen molar-refractivity contribution in [2.24, 2.45) is 5.92 Å². The summed E-state index contributed by atoms with van der Waals surface area (Å²) in [6.07, 6.45) is 8.42. The molecule has 1 saturated heterocycles. The lowest BCUT2D eigenvalue weighted by molar-refractivity contribution is -0.126. The molecule has 27 heavy (non-hydrogen) atoms. The fraction of sp³-hybridized carbons (Fsp3) is 0.545. The van der Waals surface area contributed by atoms with E-state index in [-0.39, 0.29) is 23.8 Å². The number of likely N-dealkylation sites (tertiary alicyclic amines) is 1. The van der Waals surface area contributed by atoms with E-state index in [1.54, 1.807) is 31.4 Å². The van der Waals surface area contributed by atoms with Crippen LogP contribution in [-0.2, 0) is 4.79 Å². The van der Waals surface area contributed by atoms with Crippen LogP contribution in [0.1, 0.15) is 55.8 Å². The molecule has 0 radical (unpaired) electrons. The molecule has 3 rings (SSSR count). The molecule has 1 heterocycles. The quantitative estimate of drug-likeness (QED) is 0.807. The van der Waals surface area contributed by atoms with Gasteiger partial charge in [-0.05, 0) is 69.7 Å². The summed E-state index contributed by atoms with van der Waals surface area (Å²) in [5, 5.41) is 3.18. The van der Waals surface area contributed by atoms with Crippen LogP contribution < -0.4 is 10.1 Å². The zero-order valence-electron chi connectivity index (χ0n) is 16.4. The third-order valence-corrected chi connectivity index (χ3v) is 5.73. The Labute approximate surface area is 161 Å². The molecule has 0 spiro atoms. The average molecular weight is 370 g/mol. The lowest BCUT2D eigenvalue weighted by Crippen LogP contribution is -2.45. The highest BCUT2D eigenvalue weighted by Crippen LogP contribution is 2.23. The van der Waals surface area contributed by atoms with Crippen LogP contribution in [0.4, 0.5) is 0 Å². The van der Waals surface area contributed by atoms with Crippen LogP contribution in [0, 0.1) is 5.92 Å². The Morgan fingerprint density at radius 1 is 1.15 bits per heavy atom. The second kappa shape index (κ2) is 9.07. The molecule has 1 aromatic rings. The smallest absolute Gasteiger partial charge is 0.253 e. The van der Waals surface area contributed by atoms with Gasteiger partial charge in [0.25, 0.3) is 5.91 Å². The SMILES string of the molecule is COc1ccc(C(=O)N2CCC(C(=O)NC(C)C3=CCCCC3)CC2)cc1. The number of carbonyl (C=O) groups excluding carboxylic acids is 2. The van der Waals surface area contributed by atoms with Gasteiger partial charge in [-0.25, -0.2) is 0 Å². The highest BCUT2D eigenvalue weighted by atomic mass is 16.5. The van der Waals surface area contributed by atoms with Crippen molar-refractivity contribution in [2.45, 2.75) is 51.5 Å². The molecule has 146 valence electrons. The van der Waals surface area contributed by atoms with Crippen LogP contribution >= 0.6 is 0 Å². The maximum Gasteiger partial charge on any atom is 0.253 e. The van der Waals surface area contributed by atoms with Crippen molar-refractivity contribution in [1.29, 1.82) is 0 Å². The van der Waals surface area contributed by atoms with E-state index in [0.717, 1.165) is 31.4 Å². The normalized spacial score (nSPS) is 19.2. The van der Waals surface area contributed by atoms with E-state index in [9.17, 15) is 9.59 Å². The minimum atomic E-state index is -0.00319. The first-order chi connectivity index (χ1) is 13.1. The molecule has 0 bridgehead atoms. The highest BCUT2D eigenvalue weighted by molar-refractivity contribution is 5.94. The number of piperidine rings is 1. The fourth-order valence-corrected chi connectivity index (χ4v) is 3.94. The van der Waals surface area contributed by atoms with Crippen LogP contribution in [0.2, 0.25) is 0 Å². The van der Waals surface area contributed by atoms with E-state index >= 15 is 0 Å². The van der Waals surface area contributed by atoms with Crippen molar-refractivity contribution < 1.29 is 14.3 Å². The van der Waals surface area contributed by atoms with Gasteiger partial charge in [0.2, 0.25) is 5.91 Å². The van der Waals surface area contributed by atoms with Crippen LogP contribution in [0.15, 0.2) is 35.9 Å². The van der Waals surface area contributed by atoms with E-state index in [1.807, 2.05) is 4.90 Å². The van der Waals surface area contributed by atoms with Crippen molar-refractivity contribution in [3.63, 3.8) is 0 Å². The Morgan fingerprint density at radius 2 is 1.85 bits per heavy atom. The summed E-state index contributed by atoms with van der Waals surface area (Å²) < 4.78 is 5.14. The Balaban J connectivity index is 1.49. The molecule has 2 amide bonds. The summed E-state index contributed by atoms with van der Waals surface area (Å²) in [4.78, 5) is 27.1. The van der Waals surface area contributed by atoms with E-state index in [1.165, 1.54) is 18.4 Å². The van der Waals surface area contributed by atoms with Crippen LogP contribution in [0.5, 0.6) is 5.75 Å². The van der Waals surface area contributed by atoms with Gasteiger partial charge in [-0.3, -0.25) is 9.59 Å². The Hall–Kier alpha value is -2.30. The van der Waals surface area contributed by atoms with Crippen molar-refractivity contribution in [2.75, 3.05) is 20.2 Å². The predicted molar refractivity (Wildman–Crippen MR) is 106 cm³/mol. The molecule has 1 N–H and O–H groups in total. The molecular weight excluding hydrogens is 340 g/mol. The minimum Gasteiger partial charge on any atom is -0.497 e. The van der Waals surface area contributed by atoms with E-state index in [4.69, 9.17) is 4.74 Å². The zero-order chi connectivity index (χ0) is 19.2. The molecule has 1 aliphatic carbocycles. The third-order valence-electron chi connectivity index (χ3n) is 5.73. The molecule has 5 heteroatoms. The molecule has 1 atom stereocenters. The second-order valence-electron chi connectivity index (χ2n) is 7.55. The molecule has 1 unspecified atom stereocenters. The van der Waals surface area contributed by atoms with Crippen LogP contribution in [0.3, 0.4) is 0 Å². The summed E-state index contributed by atoms with van der Waals surface area (Å²) in [6.45, 7) is 3.33. The Morgan fingerprint density at radius 3 is 2.44 bits per heavy atom. The molecule has 0 aromatic heterocycles. The number of amides is 2. The molecular formula is C22H30N2O3. The number of allylic oxidation sites excluding steroid dienone is 1. The standard InChI is InChI=1S/C22H30N2O3/c1-16(17-6-4-3-5-7-17)23-21(25)18-12-14-24(15-13-18)22(26)19-8-10-20(27-2)11-9-19/h6,8-11,16,18H,3-5,7,12-15H2,1-2H3,(H,23,25). The summed E-state index contributed by atoms with van der Waals surface area (Å²) in [6, 6.07) is 7.31. The number of nitrogens with one attached hydrogen (secondary N) is 1. The fourth-order valence-electron chi connectivity index (χ4n) is 3.94. The van der Waals surface area contributed by atoms with Crippen molar-refractivity contribution in [3.05, 3.63) is 41.5 Å². The zero-order valence-corrected chi connectivity index (χ0v) is 16.4. The number of rotatable bonds is 5. The maximum absolute atomic E-state index is 12.6. The number of carbonyl (C=O) groups is 2. The summed E-state index contributed by atoms with van der Waals surface area (Å²) in [5.41, 5.74) is 2.03. The van der Waals surface area contributed by atoms with Gasteiger partial charge in [0.1, 0.15) is 5.75 Å². The predicted octanol–water partition coefficient (Wildman–Crippen LogP) is 3.55. The van der Waals surface area contributed by atoms with Gasteiger partial charge in [0.05, 0.1) is 7.11 Å².